The summed E-state index contributed by atoms with van der Waals surface area (Å²) in [4.78, 5) is 0. The maximum Gasteiger partial charge on any atom is 0.134 e. The summed E-state index contributed by atoms with van der Waals surface area (Å²) in [5.41, 5.74) is 2.01. The smallest absolute Gasteiger partial charge is 0.134 e. The third kappa shape index (κ3) is 1.84. The molecule has 0 radical (unpaired) electrons. The van der Waals surface area contributed by atoms with Crippen LogP contribution in [0.3, 0.4) is 0 Å². The van der Waals surface area contributed by atoms with Crippen LogP contribution in [0.5, 0.6) is 5.75 Å². The zero-order valence-corrected chi connectivity index (χ0v) is 9.37. The van der Waals surface area contributed by atoms with Gasteiger partial charge in [0.25, 0.3) is 0 Å². The number of benzene rings is 1. The largest absolute Gasteiger partial charge is 0.508 e. The lowest BCUT2D eigenvalue weighted by molar-refractivity contribution is 0.475. The van der Waals surface area contributed by atoms with Gasteiger partial charge in [-0.05, 0) is 36.6 Å². The van der Waals surface area contributed by atoms with Gasteiger partial charge >= 0.3 is 0 Å². The van der Waals surface area contributed by atoms with Crippen molar-refractivity contribution in [1.82, 2.24) is 0 Å². The van der Waals surface area contributed by atoms with Crippen LogP contribution in [0.15, 0.2) is 22.6 Å². The number of fused-ring (bicyclic) bond motifs is 1. The molecule has 0 aliphatic heterocycles. The fraction of sp³-hybridized carbons (Fsp3) is 0.385. The van der Waals surface area contributed by atoms with Gasteiger partial charge in [-0.3, -0.25) is 0 Å². The normalized spacial score (nSPS) is 11.5. The van der Waals surface area contributed by atoms with Crippen molar-refractivity contribution < 1.29 is 9.52 Å². The Morgan fingerprint density at radius 2 is 2.07 bits per heavy atom. The zero-order valence-electron chi connectivity index (χ0n) is 9.37. The minimum absolute atomic E-state index is 0.294. The summed E-state index contributed by atoms with van der Waals surface area (Å²) in [6, 6.07) is 5.24. The van der Waals surface area contributed by atoms with Crippen LogP contribution in [-0.4, -0.2) is 5.11 Å². The van der Waals surface area contributed by atoms with Gasteiger partial charge in [0.05, 0.1) is 0 Å². The lowest BCUT2D eigenvalue weighted by Gasteiger charge is -2.01. The Morgan fingerprint density at radius 3 is 2.73 bits per heavy atom. The number of hydrogen-bond acceptors (Lipinski definition) is 2. The summed E-state index contributed by atoms with van der Waals surface area (Å²) in [5, 5.41) is 10.4. The first-order valence-corrected chi connectivity index (χ1v) is 5.29. The summed E-state index contributed by atoms with van der Waals surface area (Å²) in [6.07, 6.45) is 0.946. The van der Waals surface area contributed by atoms with Crippen molar-refractivity contribution in [2.24, 2.45) is 5.92 Å². The lowest BCUT2D eigenvalue weighted by Crippen LogP contribution is -1.93. The highest BCUT2D eigenvalue weighted by Crippen LogP contribution is 2.29. The molecule has 0 aliphatic carbocycles. The molecular weight excluding hydrogens is 188 g/mol. The number of rotatable bonds is 2. The monoisotopic (exact) mass is 204 g/mol. The topological polar surface area (TPSA) is 33.4 Å². The van der Waals surface area contributed by atoms with Gasteiger partial charge in [0.15, 0.2) is 0 Å². The summed E-state index contributed by atoms with van der Waals surface area (Å²) < 4.78 is 5.75. The second-order valence-corrected chi connectivity index (χ2v) is 4.43. The molecule has 1 heterocycles. The maximum absolute atomic E-state index is 9.40. The van der Waals surface area contributed by atoms with Crippen molar-refractivity contribution >= 4 is 11.0 Å². The zero-order chi connectivity index (χ0) is 11.0. The Morgan fingerprint density at radius 1 is 1.33 bits per heavy atom. The number of aryl methyl sites for hydroxylation is 1. The van der Waals surface area contributed by atoms with Crippen LogP contribution >= 0.6 is 0 Å². The van der Waals surface area contributed by atoms with Crippen LogP contribution in [0, 0.1) is 12.8 Å². The van der Waals surface area contributed by atoms with E-state index in [4.69, 9.17) is 4.42 Å². The number of hydrogen-bond donors (Lipinski definition) is 1. The van der Waals surface area contributed by atoms with Crippen LogP contribution in [0.4, 0.5) is 0 Å². The van der Waals surface area contributed by atoms with E-state index in [1.807, 2.05) is 13.0 Å². The van der Waals surface area contributed by atoms with E-state index in [-0.39, 0.29) is 0 Å². The molecule has 0 fully saturated rings. The van der Waals surface area contributed by atoms with Crippen molar-refractivity contribution in [3.05, 3.63) is 29.5 Å². The van der Waals surface area contributed by atoms with Gasteiger partial charge in [-0.2, -0.15) is 0 Å². The Bertz CT molecular complexity index is 480. The molecule has 1 aromatic carbocycles. The molecule has 15 heavy (non-hydrogen) atoms. The van der Waals surface area contributed by atoms with Gasteiger partial charge in [-0.15, -0.1) is 0 Å². The molecule has 0 aliphatic rings. The molecule has 80 valence electrons. The van der Waals surface area contributed by atoms with Gasteiger partial charge < -0.3 is 9.52 Å². The molecule has 2 heteroatoms. The summed E-state index contributed by atoms with van der Waals surface area (Å²) >= 11 is 0. The van der Waals surface area contributed by atoms with Crippen molar-refractivity contribution in [3.8, 4) is 5.75 Å². The fourth-order valence-corrected chi connectivity index (χ4v) is 1.83. The van der Waals surface area contributed by atoms with Gasteiger partial charge in [-0.25, -0.2) is 0 Å². The van der Waals surface area contributed by atoms with Crippen molar-refractivity contribution in [3.63, 3.8) is 0 Å². The van der Waals surface area contributed by atoms with Gasteiger partial charge in [-0.1, -0.05) is 13.8 Å². The molecule has 1 N–H and O–H groups in total. The lowest BCUT2D eigenvalue weighted by atomic mass is 10.0. The molecule has 0 amide bonds. The van der Waals surface area contributed by atoms with E-state index in [2.05, 4.69) is 13.8 Å². The second kappa shape index (κ2) is 3.61. The Hall–Kier alpha value is -1.44. The molecule has 2 nitrogen and oxygen atoms in total. The first kappa shape index (κ1) is 10.1. The van der Waals surface area contributed by atoms with Crippen LogP contribution < -0.4 is 0 Å². The van der Waals surface area contributed by atoms with Crippen molar-refractivity contribution in [2.75, 3.05) is 0 Å². The van der Waals surface area contributed by atoms with Gasteiger partial charge in [0.1, 0.15) is 17.1 Å². The maximum atomic E-state index is 9.40. The van der Waals surface area contributed by atoms with E-state index in [1.54, 1.807) is 12.1 Å². The van der Waals surface area contributed by atoms with Crippen LogP contribution in [0.25, 0.3) is 11.0 Å². The number of phenols is 1. The van der Waals surface area contributed by atoms with E-state index in [1.165, 1.54) is 0 Å². The van der Waals surface area contributed by atoms with Gasteiger partial charge in [0.2, 0.25) is 0 Å². The van der Waals surface area contributed by atoms with Gasteiger partial charge in [0, 0.05) is 11.8 Å². The van der Waals surface area contributed by atoms with E-state index in [9.17, 15) is 5.11 Å². The molecule has 0 unspecified atom stereocenters. The highest BCUT2D eigenvalue weighted by Gasteiger charge is 2.11. The van der Waals surface area contributed by atoms with E-state index in [0.717, 1.165) is 28.7 Å². The number of furan rings is 1. The molecular formula is C13H16O2. The first-order chi connectivity index (χ1) is 7.08. The molecule has 0 saturated heterocycles. The number of phenolic OH excluding ortho intramolecular Hbond substituents is 1. The molecule has 0 atom stereocenters. The number of aromatic hydroxyl groups is 1. The van der Waals surface area contributed by atoms with E-state index in [0.29, 0.717) is 11.7 Å². The Kier molecular flexibility index (Phi) is 2.43. The Labute approximate surface area is 89.5 Å². The predicted molar refractivity (Wildman–Crippen MR) is 61.2 cm³/mol. The summed E-state index contributed by atoms with van der Waals surface area (Å²) in [6.45, 7) is 6.39. The average molecular weight is 204 g/mol. The predicted octanol–water partition coefficient (Wildman–Crippen LogP) is 3.65. The Balaban J connectivity index is 2.54. The summed E-state index contributed by atoms with van der Waals surface area (Å²) in [5.74, 6) is 1.91. The first-order valence-electron chi connectivity index (χ1n) is 5.29. The third-order valence-corrected chi connectivity index (χ3v) is 2.61. The minimum Gasteiger partial charge on any atom is -0.508 e. The average Bonchev–Trinajstić information content (AvgIpc) is 2.44. The highest BCUT2D eigenvalue weighted by molar-refractivity contribution is 5.83. The van der Waals surface area contributed by atoms with Crippen molar-refractivity contribution in [2.45, 2.75) is 27.2 Å². The summed E-state index contributed by atoms with van der Waals surface area (Å²) in [7, 11) is 0. The molecule has 2 aromatic rings. The minimum atomic E-state index is 0.294. The molecule has 0 spiro atoms. The van der Waals surface area contributed by atoms with Crippen LogP contribution in [0.1, 0.15) is 25.2 Å². The molecule has 2 rings (SSSR count). The van der Waals surface area contributed by atoms with Crippen LogP contribution in [-0.2, 0) is 6.42 Å². The quantitative estimate of drug-likeness (QED) is 0.810. The standard InChI is InChI=1S/C13H16O2/c1-8(2)6-13-9(3)11-7-10(14)4-5-12(11)15-13/h4-5,7-8,14H,6H2,1-3H3. The molecule has 0 bridgehead atoms. The molecule has 0 saturated carbocycles. The second-order valence-electron chi connectivity index (χ2n) is 4.43. The van der Waals surface area contributed by atoms with Crippen molar-refractivity contribution in [1.29, 1.82) is 0 Å². The SMILES string of the molecule is Cc1c(CC(C)C)oc2ccc(O)cc12. The fourth-order valence-electron chi connectivity index (χ4n) is 1.83. The highest BCUT2D eigenvalue weighted by atomic mass is 16.3. The van der Waals surface area contributed by atoms with E-state index >= 15 is 0 Å². The van der Waals surface area contributed by atoms with Crippen LogP contribution in [0.2, 0.25) is 0 Å². The molecule has 1 aromatic heterocycles. The van der Waals surface area contributed by atoms with E-state index < -0.39 is 0 Å². The third-order valence-electron chi connectivity index (χ3n) is 2.61.